The van der Waals surface area contributed by atoms with E-state index in [0.717, 1.165) is 13.0 Å². The number of aliphatic carboxylic acids is 1. The summed E-state index contributed by atoms with van der Waals surface area (Å²) in [7, 11) is 3.99. The number of carboxylic acids is 1. The van der Waals surface area contributed by atoms with E-state index in [0.29, 0.717) is 18.9 Å². The molecular weight excluding hydrogens is 304 g/mol. The second kappa shape index (κ2) is 10.0. The van der Waals surface area contributed by atoms with Crippen LogP contribution in [-0.2, 0) is 9.59 Å². The second-order valence-electron chi connectivity index (χ2n) is 8.51. The van der Waals surface area contributed by atoms with Gasteiger partial charge in [0.15, 0.2) is 0 Å². The molecule has 0 bridgehead atoms. The second-order valence-corrected chi connectivity index (χ2v) is 8.51. The molecule has 0 aromatic rings. The van der Waals surface area contributed by atoms with Crippen LogP contribution in [0, 0.1) is 29.1 Å². The molecule has 0 spiro atoms. The molecule has 5 heteroatoms. The Hall–Kier alpha value is -1.10. The molecule has 0 aromatic carbocycles. The summed E-state index contributed by atoms with van der Waals surface area (Å²) in [5.74, 6) is -1.86. The molecule has 0 aliphatic rings. The monoisotopic (exact) mass is 342 g/mol. The maximum absolute atomic E-state index is 12.8. The zero-order valence-corrected chi connectivity index (χ0v) is 16.8. The SMILES string of the molecule is CC(C)C(C(=O)O)C(CC(C)(C)C(C)C)C(=O)NCCCN(C)C. The van der Waals surface area contributed by atoms with Crippen LogP contribution in [0.25, 0.3) is 0 Å². The highest BCUT2D eigenvalue weighted by Gasteiger charge is 2.40. The topological polar surface area (TPSA) is 69.6 Å². The molecule has 0 saturated heterocycles. The van der Waals surface area contributed by atoms with Gasteiger partial charge in [-0.2, -0.15) is 0 Å². The fourth-order valence-electron chi connectivity index (χ4n) is 2.85. The lowest BCUT2D eigenvalue weighted by Gasteiger charge is -2.36. The first-order valence-electron chi connectivity index (χ1n) is 9.05. The van der Waals surface area contributed by atoms with Gasteiger partial charge in [0, 0.05) is 6.54 Å². The quantitative estimate of drug-likeness (QED) is 0.566. The van der Waals surface area contributed by atoms with E-state index < -0.39 is 17.8 Å². The fourth-order valence-corrected chi connectivity index (χ4v) is 2.85. The molecule has 0 aliphatic carbocycles. The number of carbonyl (C=O) groups excluding carboxylic acids is 1. The first-order chi connectivity index (χ1) is 10.9. The summed E-state index contributed by atoms with van der Waals surface area (Å²) in [6, 6.07) is 0. The van der Waals surface area contributed by atoms with Gasteiger partial charge in [-0.1, -0.05) is 41.5 Å². The van der Waals surface area contributed by atoms with E-state index in [2.05, 4.69) is 37.9 Å². The molecule has 5 nitrogen and oxygen atoms in total. The van der Waals surface area contributed by atoms with Crippen molar-refractivity contribution in [3.05, 3.63) is 0 Å². The Kier molecular flexibility index (Phi) is 9.56. The van der Waals surface area contributed by atoms with Crippen molar-refractivity contribution < 1.29 is 14.7 Å². The normalized spacial score (nSPS) is 15.0. The van der Waals surface area contributed by atoms with Crippen LogP contribution in [0.1, 0.15) is 54.4 Å². The largest absolute Gasteiger partial charge is 0.481 e. The van der Waals surface area contributed by atoms with Crippen LogP contribution in [0.5, 0.6) is 0 Å². The third-order valence-corrected chi connectivity index (χ3v) is 5.16. The molecule has 0 heterocycles. The van der Waals surface area contributed by atoms with Gasteiger partial charge in [-0.05, 0) is 50.7 Å². The maximum Gasteiger partial charge on any atom is 0.307 e. The highest BCUT2D eigenvalue weighted by atomic mass is 16.4. The smallest absolute Gasteiger partial charge is 0.307 e. The Bertz CT molecular complexity index is 403. The van der Waals surface area contributed by atoms with Gasteiger partial charge in [0.1, 0.15) is 0 Å². The molecule has 0 aliphatic heterocycles. The standard InChI is InChI=1S/C19H38N2O3/c1-13(2)16(18(23)24)15(12-19(5,6)14(3)4)17(22)20-10-9-11-21(7)8/h13-16H,9-12H2,1-8H3,(H,20,22)(H,23,24). The number of amides is 1. The summed E-state index contributed by atoms with van der Waals surface area (Å²) in [6.07, 6.45) is 1.44. The van der Waals surface area contributed by atoms with E-state index in [-0.39, 0.29) is 17.2 Å². The molecule has 0 fully saturated rings. The van der Waals surface area contributed by atoms with Crippen molar-refractivity contribution in [3.63, 3.8) is 0 Å². The van der Waals surface area contributed by atoms with E-state index in [9.17, 15) is 14.7 Å². The van der Waals surface area contributed by atoms with Gasteiger partial charge in [-0.25, -0.2) is 0 Å². The Labute approximate surface area is 148 Å². The fraction of sp³-hybridized carbons (Fsp3) is 0.895. The summed E-state index contributed by atoms with van der Waals surface area (Å²) in [6.45, 7) is 13.7. The molecule has 142 valence electrons. The predicted octanol–water partition coefficient (Wildman–Crippen LogP) is 3.10. The van der Waals surface area contributed by atoms with E-state index in [1.54, 1.807) is 0 Å². The minimum atomic E-state index is -0.877. The van der Waals surface area contributed by atoms with Crippen molar-refractivity contribution in [2.45, 2.75) is 54.4 Å². The van der Waals surface area contributed by atoms with Crippen molar-refractivity contribution in [2.75, 3.05) is 27.2 Å². The zero-order chi connectivity index (χ0) is 19.1. The Morgan fingerprint density at radius 1 is 1.12 bits per heavy atom. The number of nitrogens with one attached hydrogen (secondary N) is 1. The van der Waals surface area contributed by atoms with Gasteiger partial charge in [-0.3, -0.25) is 9.59 Å². The van der Waals surface area contributed by atoms with Crippen molar-refractivity contribution >= 4 is 11.9 Å². The van der Waals surface area contributed by atoms with Crippen LogP contribution in [0.15, 0.2) is 0 Å². The third kappa shape index (κ3) is 7.65. The number of carboxylic acid groups (broad SMARTS) is 1. The van der Waals surface area contributed by atoms with E-state index in [1.165, 1.54) is 0 Å². The summed E-state index contributed by atoms with van der Waals surface area (Å²) in [5.41, 5.74) is -0.0891. The minimum absolute atomic E-state index is 0.0806. The predicted molar refractivity (Wildman–Crippen MR) is 98.9 cm³/mol. The molecular formula is C19H38N2O3. The van der Waals surface area contributed by atoms with E-state index in [4.69, 9.17) is 0 Å². The Morgan fingerprint density at radius 3 is 2.04 bits per heavy atom. The van der Waals surface area contributed by atoms with Crippen LogP contribution in [0.2, 0.25) is 0 Å². The maximum atomic E-state index is 12.8. The van der Waals surface area contributed by atoms with Gasteiger partial charge in [0.25, 0.3) is 0 Å². The van der Waals surface area contributed by atoms with Crippen LogP contribution in [0.3, 0.4) is 0 Å². The highest BCUT2D eigenvalue weighted by molar-refractivity contribution is 5.84. The summed E-state index contributed by atoms with van der Waals surface area (Å²) in [5, 5.41) is 12.6. The lowest BCUT2D eigenvalue weighted by Crippen LogP contribution is -2.43. The van der Waals surface area contributed by atoms with Gasteiger partial charge in [-0.15, -0.1) is 0 Å². The Morgan fingerprint density at radius 2 is 1.67 bits per heavy atom. The minimum Gasteiger partial charge on any atom is -0.481 e. The Balaban J connectivity index is 5.16. The first kappa shape index (κ1) is 22.9. The highest BCUT2D eigenvalue weighted by Crippen LogP contribution is 2.38. The molecule has 24 heavy (non-hydrogen) atoms. The molecule has 2 unspecified atom stereocenters. The number of hydrogen-bond acceptors (Lipinski definition) is 3. The average Bonchev–Trinajstić information content (AvgIpc) is 2.41. The number of nitrogens with zero attached hydrogens (tertiary/aromatic N) is 1. The first-order valence-corrected chi connectivity index (χ1v) is 9.05. The van der Waals surface area contributed by atoms with Crippen molar-refractivity contribution in [1.29, 1.82) is 0 Å². The summed E-state index contributed by atoms with van der Waals surface area (Å²) >= 11 is 0. The number of carbonyl (C=O) groups is 2. The third-order valence-electron chi connectivity index (χ3n) is 5.16. The van der Waals surface area contributed by atoms with Gasteiger partial charge < -0.3 is 15.3 Å². The summed E-state index contributed by atoms with van der Waals surface area (Å²) in [4.78, 5) is 26.6. The van der Waals surface area contributed by atoms with Crippen molar-refractivity contribution in [3.8, 4) is 0 Å². The average molecular weight is 343 g/mol. The van der Waals surface area contributed by atoms with Gasteiger partial charge >= 0.3 is 5.97 Å². The molecule has 0 saturated carbocycles. The number of hydrogen-bond donors (Lipinski definition) is 2. The molecule has 0 aromatic heterocycles. The van der Waals surface area contributed by atoms with E-state index >= 15 is 0 Å². The molecule has 0 radical (unpaired) electrons. The van der Waals surface area contributed by atoms with Crippen molar-refractivity contribution in [2.24, 2.45) is 29.1 Å². The van der Waals surface area contributed by atoms with Crippen molar-refractivity contribution in [1.82, 2.24) is 10.2 Å². The molecule has 2 N–H and O–H groups in total. The van der Waals surface area contributed by atoms with E-state index in [1.807, 2.05) is 27.9 Å². The molecule has 1 amide bonds. The number of rotatable bonds is 11. The molecule has 2 atom stereocenters. The van der Waals surface area contributed by atoms with Crippen LogP contribution in [-0.4, -0.2) is 49.1 Å². The van der Waals surface area contributed by atoms with Gasteiger partial charge in [0.2, 0.25) is 5.91 Å². The lowest BCUT2D eigenvalue weighted by atomic mass is 9.69. The van der Waals surface area contributed by atoms with Crippen LogP contribution < -0.4 is 5.32 Å². The van der Waals surface area contributed by atoms with Crippen LogP contribution in [0.4, 0.5) is 0 Å². The molecule has 0 rings (SSSR count). The lowest BCUT2D eigenvalue weighted by molar-refractivity contribution is -0.150. The van der Waals surface area contributed by atoms with Gasteiger partial charge in [0.05, 0.1) is 11.8 Å². The summed E-state index contributed by atoms with van der Waals surface area (Å²) < 4.78 is 0. The van der Waals surface area contributed by atoms with Crippen LogP contribution >= 0.6 is 0 Å². The zero-order valence-electron chi connectivity index (χ0n) is 16.8.